The van der Waals surface area contributed by atoms with E-state index in [-0.39, 0.29) is 24.5 Å². The van der Waals surface area contributed by atoms with Crippen molar-refractivity contribution in [2.24, 2.45) is 0 Å². The van der Waals surface area contributed by atoms with Gasteiger partial charge in [-0.3, -0.25) is 9.59 Å². The number of carboxylic acids is 1. The fourth-order valence-corrected chi connectivity index (χ4v) is 3.09. The predicted octanol–water partition coefficient (Wildman–Crippen LogP) is 3.05. The standard InChI is InChI=1S/C20H21N3O4/c1-12(2)21-20(27)22-14-9-7-13(8-10-14)18(24)23-11-16(19(25)26)15-5-3-4-6-17(15)23/h3-10,12,16H,11H2,1-2H3,(H,25,26)(H2,21,22,27). The van der Waals surface area contributed by atoms with Gasteiger partial charge in [-0.05, 0) is 49.7 Å². The number of carbonyl (C=O) groups is 3. The average Bonchev–Trinajstić information content (AvgIpc) is 3.01. The van der Waals surface area contributed by atoms with Gasteiger partial charge in [0.05, 0.1) is 0 Å². The van der Waals surface area contributed by atoms with Crippen molar-refractivity contribution in [2.45, 2.75) is 25.8 Å². The molecule has 0 fully saturated rings. The lowest BCUT2D eigenvalue weighted by Gasteiger charge is -2.18. The molecule has 1 heterocycles. The Morgan fingerprint density at radius 2 is 1.74 bits per heavy atom. The van der Waals surface area contributed by atoms with Crippen LogP contribution in [0.5, 0.6) is 0 Å². The molecule has 3 amide bonds. The van der Waals surface area contributed by atoms with Crippen LogP contribution >= 0.6 is 0 Å². The Morgan fingerprint density at radius 1 is 1.07 bits per heavy atom. The van der Waals surface area contributed by atoms with Crippen LogP contribution < -0.4 is 15.5 Å². The molecule has 0 aliphatic carbocycles. The van der Waals surface area contributed by atoms with Crippen molar-refractivity contribution in [3.63, 3.8) is 0 Å². The molecule has 0 aromatic heterocycles. The van der Waals surface area contributed by atoms with Crippen LogP contribution in [0.2, 0.25) is 0 Å². The summed E-state index contributed by atoms with van der Waals surface area (Å²) in [6, 6.07) is 13.3. The third kappa shape index (κ3) is 3.92. The molecule has 3 rings (SSSR count). The number of nitrogens with zero attached hydrogens (tertiary/aromatic N) is 1. The van der Waals surface area contributed by atoms with Crippen LogP contribution in [-0.2, 0) is 4.79 Å². The molecule has 2 aromatic rings. The van der Waals surface area contributed by atoms with Crippen molar-refractivity contribution in [1.82, 2.24) is 5.32 Å². The smallest absolute Gasteiger partial charge is 0.319 e. The van der Waals surface area contributed by atoms with Crippen LogP contribution in [0.15, 0.2) is 48.5 Å². The van der Waals surface area contributed by atoms with Crippen LogP contribution in [0.4, 0.5) is 16.2 Å². The summed E-state index contributed by atoms with van der Waals surface area (Å²) in [7, 11) is 0. The van der Waals surface area contributed by atoms with Gasteiger partial charge in [-0.25, -0.2) is 4.79 Å². The number of carbonyl (C=O) groups excluding carboxylic acids is 2. The molecule has 1 unspecified atom stereocenters. The largest absolute Gasteiger partial charge is 0.481 e. The molecule has 3 N–H and O–H groups in total. The molecule has 0 bridgehead atoms. The molecule has 1 aliphatic heterocycles. The summed E-state index contributed by atoms with van der Waals surface area (Å²) >= 11 is 0. The number of nitrogens with one attached hydrogen (secondary N) is 2. The first-order valence-electron chi connectivity index (χ1n) is 8.68. The van der Waals surface area contributed by atoms with Gasteiger partial charge in [-0.2, -0.15) is 0 Å². The first kappa shape index (κ1) is 18.4. The topological polar surface area (TPSA) is 98.7 Å². The Hall–Kier alpha value is -3.35. The van der Waals surface area contributed by atoms with Crippen molar-refractivity contribution in [3.8, 4) is 0 Å². The number of hydrogen-bond donors (Lipinski definition) is 3. The van der Waals surface area contributed by atoms with Gasteiger partial charge in [0.15, 0.2) is 0 Å². The zero-order valence-corrected chi connectivity index (χ0v) is 15.1. The molecule has 2 aromatic carbocycles. The van der Waals surface area contributed by atoms with E-state index in [0.717, 1.165) is 0 Å². The molecular weight excluding hydrogens is 346 g/mol. The molecule has 0 radical (unpaired) electrons. The minimum absolute atomic E-state index is 0.0169. The third-order valence-electron chi connectivity index (χ3n) is 4.32. The van der Waals surface area contributed by atoms with Crippen molar-refractivity contribution >= 4 is 29.3 Å². The Balaban J connectivity index is 1.77. The van der Waals surface area contributed by atoms with Crippen LogP contribution in [0.1, 0.15) is 35.7 Å². The number of urea groups is 1. The highest BCUT2D eigenvalue weighted by Gasteiger charge is 2.36. The summed E-state index contributed by atoms with van der Waals surface area (Å²) in [5, 5.41) is 14.8. The van der Waals surface area contributed by atoms with E-state index in [0.29, 0.717) is 22.5 Å². The van der Waals surface area contributed by atoms with Gasteiger partial charge >= 0.3 is 12.0 Å². The Labute approximate surface area is 157 Å². The maximum atomic E-state index is 12.9. The second kappa shape index (κ2) is 7.49. The van der Waals surface area contributed by atoms with Crippen molar-refractivity contribution in [3.05, 3.63) is 59.7 Å². The van der Waals surface area contributed by atoms with E-state index in [2.05, 4.69) is 10.6 Å². The fourth-order valence-electron chi connectivity index (χ4n) is 3.09. The van der Waals surface area contributed by atoms with Crippen LogP contribution in [0.3, 0.4) is 0 Å². The number of anilines is 2. The summed E-state index contributed by atoms with van der Waals surface area (Å²) in [6.45, 7) is 3.82. The number of para-hydroxylation sites is 1. The number of carboxylic acid groups (broad SMARTS) is 1. The van der Waals surface area contributed by atoms with E-state index in [4.69, 9.17) is 0 Å². The van der Waals surface area contributed by atoms with Crippen LogP contribution in [0, 0.1) is 0 Å². The lowest BCUT2D eigenvalue weighted by atomic mass is 10.0. The Kier molecular flexibility index (Phi) is 5.12. The van der Waals surface area contributed by atoms with Gasteiger partial charge in [0.2, 0.25) is 0 Å². The van der Waals surface area contributed by atoms with E-state index in [1.165, 1.54) is 4.90 Å². The fraction of sp³-hybridized carbons (Fsp3) is 0.250. The number of aliphatic carboxylic acids is 1. The molecule has 140 valence electrons. The number of benzene rings is 2. The molecule has 7 heteroatoms. The quantitative estimate of drug-likeness (QED) is 0.773. The van der Waals surface area contributed by atoms with Crippen molar-refractivity contribution in [2.75, 3.05) is 16.8 Å². The zero-order valence-electron chi connectivity index (χ0n) is 15.1. The van der Waals surface area contributed by atoms with E-state index in [1.54, 1.807) is 48.5 Å². The Morgan fingerprint density at radius 3 is 2.37 bits per heavy atom. The Bertz CT molecular complexity index is 877. The van der Waals surface area contributed by atoms with Gasteiger partial charge in [0, 0.05) is 29.5 Å². The lowest BCUT2D eigenvalue weighted by molar-refractivity contribution is -0.138. The third-order valence-corrected chi connectivity index (χ3v) is 4.32. The van der Waals surface area contributed by atoms with Gasteiger partial charge in [0.1, 0.15) is 5.92 Å². The predicted molar refractivity (Wildman–Crippen MR) is 102 cm³/mol. The van der Waals surface area contributed by atoms with E-state index in [9.17, 15) is 19.5 Å². The molecule has 0 spiro atoms. The lowest BCUT2D eigenvalue weighted by Crippen LogP contribution is -2.34. The highest BCUT2D eigenvalue weighted by atomic mass is 16.4. The summed E-state index contributed by atoms with van der Waals surface area (Å²) in [6.07, 6.45) is 0. The molecule has 1 aliphatic rings. The van der Waals surface area contributed by atoms with Crippen LogP contribution in [-0.4, -0.2) is 35.6 Å². The molecule has 1 atom stereocenters. The maximum absolute atomic E-state index is 12.9. The molecule has 0 saturated carbocycles. The molecule has 7 nitrogen and oxygen atoms in total. The summed E-state index contributed by atoms with van der Waals surface area (Å²) in [5.74, 6) is -1.95. The molecule has 0 saturated heterocycles. The number of hydrogen-bond acceptors (Lipinski definition) is 3. The average molecular weight is 367 g/mol. The second-order valence-electron chi connectivity index (χ2n) is 6.70. The monoisotopic (exact) mass is 367 g/mol. The number of fused-ring (bicyclic) bond motifs is 1. The minimum atomic E-state index is -0.950. The van der Waals surface area contributed by atoms with E-state index in [1.807, 2.05) is 13.8 Å². The first-order chi connectivity index (χ1) is 12.9. The number of amides is 3. The van der Waals surface area contributed by atoms with Gasteiger partial charge in [-0.1, -0.05) is 18.2 Å². The highest BCUT2D eigenvalue weighted by Crippen LogP contribution is 2.37. The van der Waals surface area contributed by atoms with E-state index < -0.39 is 11.9 Å². The minimum Gasteiger partial charge on any atom is -0.481 e. The van der Waals surface area contributed by atoms with Crippen molar-refractivity contribution < 1.29 is 19.5 Å². The zero-order chi connectivity index (χ0) is 19.6. The first-order valence-corrected chi connectivity index (χ1v) is 8.68. The van der Waals surface area contributed by atoms with Gasteiger partial charge in [0.25, 0.3) is 5.91 Å². The normalized spacial score (nSPS) is 15.4. The number of rotatable bonds is 4. The summed E-state index contributed by atoms with van der Waals surface area (Å²) < 4.78 is 0. The SMILES string of the molecule is CC(C)NC(=O)Nc1ccc(C(=O)N2CC(C(=O)O)c3ccccc32)cc1. The maximum Gasteiger partial charge on any atom is 0.319 e. The van der Waals surface area contributed by atoms with Crippen LogP contribution in [0.25, 0.3) is 0 Å². The summed E-state index contributed by atoms with van der Waals surface area (Å²) in [4.78, 5) is 37.6. The second-order valence-corrected chi connectivity index (χ2v) is 6.70. The van der Waals surface area contributed by atoms with Crippen molar-refractivity contribution in [1.29, 1.82) is 0 Å². The highest BCUT2D eigenvalue weighted by molar-refractivity contribution is 6.09. The molecular formula is C20H21N3O4. The summed E-state index contributed by atoms with van der Waals surface area (Å²) in [5.41, 5.74) is 2.25. The molecule has 27 heavy (non-hydrogen) atoms. The van der Waals surface area contributed by atoms with Gasteiger partial charge in [-0.15, -0.1) is 0 Å². The van der Waals surface area contributed by atoms with Gasteiger partial charge < -0.3 is 20.6 Å². The van der Waals surface area contributed by atoms with E-state index >= 15 is 0 Å².